The zero-order chi connectivity index (χ0) is 17.4. The maximum atomic E-state index is 11.7. The van der Waals surface area contributed by atoms with Gasteiger partial charge in [-0.2, -0.15) is 10.2 Å². The van der Waals surface area contributed by atoms with E-state index in [1.807, 2.05) is 43.3 Å². The summed E-state index contributed by atoms with van der Waals surface area (Å²) in [4.78, 5) is 16.4. The second-order valence-corrected chi connectivity index (χ2v) is 5.52. The Bertz CT molecular complexity index is 1070. The standard InChI is InChI=1S/C18H15N5O2/c1-2-22-16(8-9-19-22)15-10-13(18(24)25)14-11-20-23(17(14)21-15)12-6-4-3-5-7-12/h3-11H,2H2,1H3,(H,24,25). The van der Waals surface area contributed by atoms with Gasteiger partial charge in [0.25, 0.3) is 0 Å². The second-order valence-electron chi connectivity index (χ2n) is 5.52. The van der Waals surface area contributed by atoms with Crippen molar-refractivity contribution in [3.8, 4) is 17.1 Å². The van der Waals surface area contributed by atoms with E-state index < -0.39 is 5.97 Å². The Hall–Kier alpha value is -3.48. The van der Waals surface area contributed by atoms with Crippen molar-refractivity contribution in [1.29, 1.82) is 0 Å². The molecular formula is C18H15N5O2. The van der Waals surface area contributed by atoms with Gasteiger partial charge in [0.1, 0.15) is 0 Å². The number of hydrogen-bond donors (Lipinski definition) is 1. The summed E-state index contributed by atoms with van der Waals surface area (Å²) >= 11 is 0. The van der Waals surface area contributed by atoms with Crippen LogP contribution in [0.25, 0.3) is 28.1 Å². The van der Waals surface area contributed by atoms with Crippen LogP contribution >= 0.6 is 0 Å². The molecule has 3 heterocycles. The fraction of sp³-hybridized carbons (Fsp3) is 0.111. The van der Waals surface area contributed by atoms with Crippen LogP contribution in [0, 0.1) is 0 Å². The number of carboxylic acids is 1. The van der Waals surface area contributed by atoms with E-state index in [0.717, 1.165) is 11.4 Å². The van der Waals surface area contributed by atoms with Crippen LogP contribution in [0.2, 0.25) is 0 Å². The summed E-state index contributed by atoms with van der Waals surface area (Å²) in [6.07, 6.45) is 3.22. The van der Waals surface area contributed by atoms with E-state index >= 15 is 0 Å². The van der Waals surface area contributed by atoms with Crippen molar-refractivity contribution in [2.24, 2.45) is 0 Å². The van der Waals surface area contributed by atoms with Crippen LogP contribution in [-0.4, -0.2) is 35.6 Å². The minimum absolute atomic E-state index is 0.172. The third-order valence-electron chi connectivity index (χ3n) is 4.05. The van der Waals surface area contributed by atoms with Crippen LogP contribution in [0.4, 0.5) is 0 Å². The van der Waals surface area contributed by atoms with Gasteiger partial charge in [0, 0.05) is 12.7 Å². The molecule has 0 bridgehead atoms. The first-order valence-corrected chi connectivity index (χ1v) is 7.88. The van der Waals surface area contributed by atoms with E-state index in [1.165, 1.54) is 0 Å². The fourth-order valence-electron chi connectivity index (χ4n) is 2.87. The van der Waals surface area contributed by atoms with Crippen molar-refractivity contribution < 1.29 is 9.90 Å². The van der Waals surface area contributed by atoms with E-state index in [-0.39, 0.29) is 5.56 Å². The summed E-state index contributed by atoms with van der Waals surface area (Å²) in [5.74, 6) is -1.01. The Morgan fingerprint density at radius 3 is 2.68 bits per heavy atom. The van der Waals surface area contributed by atoms with E-state index in [1.54, 1.807) is 27.8 Å². The maximum absolute atomic E-state index is 11.7. The molecule has 0 radical (unpaired) electrons. The molecule has 0 atom stereocenters. The lowest BCUT2D eigenvalue weighted by atomic mass is 10.1. The van der Waals surface area contributed by atoms with E-state index in [2.05, 4.69) is 15.2 Å². The van der Waals surface area contributed by atoms with Crippen LogP contribution in [0.1, 0.15) is 17.3 Å². The van der Waals surface area contributed by atoms with Gasteiger partial charge in [-0.05, 0) is 31.2 Å². The molecule has 4 aromatic rings. The Labute approximate surface area is 143 Å². The average Bonchev–Trinajstić information content (AvgIpc) is 3.28. The molecule has 4 rings (SSSR count). The molecule has 0 saturated carbocycles. The van der Waals surface area contributed by atoms with Gasteiger partial charge in [0.05, 0.1) is 34.2 Å². The molecule has 0 aliphatic heterocycles. The van der Waals surface area contributed by atoms with Gasteiger partial charge in [-0.3, -0.25) is 4.68 Å². The topological polar surface area (TPSA) is 85.8 Å². The van der Waals surface area contributed by atoms with Gasteiger partial charge in [-0.15, -0.1) is 0 Å². The van der Waals surface area contributed by atoms with E-state index in [4.69, 9.17) is 0 Å². The molecule has 0 aliphatic carbocycles. The number of fused-ring (bicyclic) bond motifs is 1. The third kappa shape index (κ3) is 2.46. The molecule has 0 amide bonds. The quantitative estimate of drug-likeness (QED) is 0.620. The number of carbonyl (C=O) groups is 1. The summed E-state index contributed by atoms with van der Waals surface area (Å²) in [5, 5.41) is 18.7. The number of nitrogens with zero attached hydrogens (tertiary/aromatic N) is 5. The minimum Gasteiger partial charge on any atom is -0.478 e. The van der Waals surface area contributed by atoms with Crippen LogP contribution in [0.3, 0.4) is 0 Å². The van der Waals surface area contributed by atoms with E-state index in [9.17, 15) is 9.90 Å². The van der Waals surface area contributed by atoms with Crippen LogP contribution in [0.5, 0.6) is 0 Å². The number of rotatable bonds is 4. The lowest BCUT2D eigenvalue weighted by molar-refractivity contribution is 0.0699. The van der Waals surface area contributed by atoms with Gasteiger partial charge >= 0.3 is 5.97 Å². The molecular weight excluding hydrogens is 318 g/mol. The molecule has 0 saturated heterocycles. The van der Waals surface area contributed by atoms with Crippen molar-refractivity contribution in [1.82, 2.24) is 24.5 Å². The van der Waals surface area contributed by atoms with Gasteiger partial charge in [-0.25, -0.2) is 14.5 Å². The lowest BCUT2D eigenvalue weighted by Gasteiger charge is -2.08. The Morgan fingerprint density at radius 2 is 1.96 bits per heavy atom. The first kappa shape index (κ1) is 15.1. The van der Waals surface area contributed by atoms with Gasteiger partial charge in [0.2, 0.25) is 0 Å². The van der Waals surface area contributed by atoms with Crippen molar-refractivity contribution in [2.45, 2.75) is 13.5 Å². The molecule has 0 unspecified atom stereocenters. The monoisotopic (exact) mass is 333 g/mol. The molecule has 0 aliphatic rings. The average molecular weight is 333 g/mol. The Kier molecular flexibility index (Phi) is 3.53. The number of aromatic nitrogens is 5. The Balaban J connectivity index is 2.02. The lowest BCUT2D eigenvalue weighted by Crippen LogP contribution is -2.05. The molecule has 124 valence electrons. The van der Waals surface area contributed by atoms with Crippen LogP contribution in [0.15, 0.2) is 54.9 Å². The molecule has 0 fully saturated rings. The highest BCUT2D eigenvalue weighted by atomic mass is 16.4. The van der Waals surface area contributed by atoms with Crippen LogP contribution < -0.4 is 0 Å². The van der Waals surface area contributed by atoms with Crippen LogP contribution in [-0.2, 0) is 6.54 Å². The van der Waals surface area contributed by atoms with Crippen molar-refractivity contribution in [2.75, 3.05) is 0 Å². The molecule has 7 heteroatoms. The van der Waals surface area contributed by atoms with Gasteiger partial charge in [0.15, 0.2) is 5.65 Å². The Morgan fingerprint density at radius 1 is 1.16 bits per heavy atom. The number of aromatic carboxylic acids is 1. The molecule has 25 heavy (non-hydrogen) atoms. The van der Waals surface area contributed by atoms with Crippen molar-refractivity contribution in [3.63, 3.8) is 0 Å². The highest BCUT2D eigenvalue weighted by Crippen LogP contribution is 2.26. The fourth-order valence-corrected chi connectivity index (χ4v) is 2.87. The zero-order valence-corrected chi connectivity index (χ0v) is 13.5. The molecule has 1 aromatic carbocycles. The van der Waals surface area contributed by atoms with E-state index in [0.29, 0.717) is 23.3 Å². The van der Waals surface area contributed by atoms with Crippen molar-refractivity contribution >= 4 is 17.0 Å². The molecule has 0 spiro atoms. The third-order valence-corrected chi connectivity index (χ3v) is 4.05. The summed E-state index contributed by atoms with van der Waals surface area (Å²) in [6.45, 7) is 2.64. The second kappa shape index (κ2) is 5.86. The number of aryl methyl sites for hydroxylation is 1. The number of carboxylic acid groups (broad SMARTS) is 1. The highest BCUT2D eigenvalue weighted by molar-refractivity contribution is 6.03. The zero-order valence-electron chi connectivity index (χ0n) is 13.5. The largest absolute Gasteiger partial charge is 0.478 e. The summed E-state index contributed by atoms with van der Waals surface area (Å²) < 4.78 is 3.43. The molecule has 7 nitrogen and oxygen atoms in total. The maximum Gasteiger partial charge on any atom is 0.336 e. The predicted molar refractivity (Wildman–Crippen MR) is 92.7 cm³/mol. The summed E-state index contributed by atoms with van der Waals surface area (Å²) in [6, 6.07) is 12.9. The first-order valence-electron chi connectivity index (χ1n) is 7.88. The summed E-state index contributed by atoms with van der Waals surface area (Å²) in [5.41, 5.74) is 2.83. The highest BCUT2D eigenvalue weighted by Gasteiger charge is 2.18. The summed E-state index contributed by atoms with van der Waals surface area (Å²) in [7, 11) is 0. The smallest absolute Gasteiger partial charge is 0.336 e. The van der Waals surface area contributed by atoms with Gasteiger partial charge in [-0.1, -0.05) is 18.2 Å². The number of para-hydroxylation sites is 1. The number of pyridine rings is 1. The van der Waals surface area contributed by atoms with Crippen molar-refractivity contribution in [3.05, 3.63) is 60.4 Å². The predicted octanol–water partition coefficient (Wildman–Crippen LogP) is 3.00. The SMILES string of the molecule is CCn1nccc1-c1cc(C(=O)O)c2cnn(-c3ccccc3)c2n1. The number of benzene rings is 1. The minimum atomic E-state index is -1.01. The van der Waals surface area contributed by atoms with Gasteiger partial charge < -0.3 is 5.11 Å². The number of hydrogen-bond acceptors (Lipinski definition) is 4. The first-order chi connectivity index (χ1) is 12.2. The normalized spacial score (nSPS) is 11.1. The molecule has 1 N–H and O–H groups in total. The molecule has 3 aromatic heterocycles.